The Labute approximate surface area is 110 Å². The van der Waals surface area contributed by atoms with Gasteiger partial charge < -0.3 is 10.2 Å². The van der Waals surface area contributed by atoms with Crippen molar-refractivity contribution in [1.82, 2.24) is 10.2 Å². The van der Waals surface area contributed by atoms with Gasteiger partial charge in [0.05, 0.1) is 0 Å². The number of benzene rings is 1. The molecule has 3 nitrogen and oxygen atoms in total. The smallest absolute Gasteiger partial charge is 0.222 e. The van der Waals surface area contributed by atoms with Crippen molar-refractivity contribution in [2.75, 3.05) is 27.2 Å². The van der Waals surface area contributed by atoms with Crippen LogP contribution in [0.15, 0.2) is 30.3 Å². The molecule has 1 N–H and O–H groups in total. The van der Waals surface area contributed by atoms with Crippen LogP contribution in [-0.2, 0) is 11.2 Å². The van der Waals surface area contributed by atoms with Crippen LogP contribution in [0.1, 0.15) is 24.8 Å². The molecule has 0 unspecified atom stereocenters. The lowest BCUT2D eigenvalue weighted by Gasteiger charge is -2.10. The molecule has 0 spiro atoms. The maximum Gasteiger partial charge on any atom is 0.222 e. The average molecular weight is 248 g/mol. The minimum absolute atomic E-state index is 0.209. The Morgan fingerprint density at radius 1 is 1.11 bits per heavy atom. The molecular weight excluding hydrogens is 224 g/mol. The van der Waals surface area contributed by atoms with Crippen LogP contribution in [0.3, 0.4) is 0 Å². The third kappa shape index (κ3) is 6.40. The standard InChI is InChI=1S/C15H24N2O/c1-17(2)15(18)11-7-13-16-12-6-10-14-8-4-3-5-9-14/h3-5,8-9,16H,6-7,10-13H2,1-2H3. The monoisotopic (exact) mass is 248 g/mol. The van der Waals surface area contributed by atoms with Crippen molar-refractivity contribution in [2.45, 2.75) is 25.7 Å². The number of carbonyl (C=O) groups excluding carboxylic acids is 1. The molecule has 3 heteroatoms. The van der Waals surface area contributed by atoms with Crippen LogP contribution < -0.4 is 5.32 Å². The van der Waals surface area contributed by atoms with Gasteiger partial charge in [0.1, 0.15) is 0 Å². The van der Waals surface area contributed by atoms with Gasteiger partial charge in [0.2, 0.25) is 5.91 Å². The second-order valence-corrected chi connectivity index (χ2v) is 4.73. The van der Waals surface area contributed by atoms with Gasteiger partial charge in [-0.25, -0.2) is 0 Å². The van der Waals surface area contributed by atoms with E-state index >= 15 is 0 Å². The van der Waals surface area contributed by atoms with Crippen molar-refractivity contribution in [1.29, 1.82) is 0 Å². The quantitative estimate of drug-likeness (QED) is 0.714. The highest BCUT2D eigenvalue weighted by Crippen LogP contribution is 2.01. The number of carbonyl (C=O) groups is 1. The molecule has 1 rings (SSSR count). The fourth-order valence-corrected chi connectivity index (χ4v) is 1.78. The molecule has 100 valence electrons. The average Bonchev–Trinajstić information content (AvgIpc) is 2.38. The molecule has 0 aliphatic rings. The number of nitrogens with one attached hydrogen (secondary N) is 1. The van der Waals surface area contributed by atoms with Crippen LogP contribution in [0.2, 0.25) is 0 Å². The third-order valence-electron chi connectivity index (χ3n) is 2.90. The summed E-state index contributed by atoms with van der Waals surface area (Å²) in [6.07, 6.45) is 3.82. The zero-order valence-electron chi connectivity index (χ0n) is 11.5. The van der Waals surface area contributed by atoms with Crippen LogP contribution in [0.25, 0.3) is 0 Å². The first-order valence-corrected chi connectivity index (χ1v) is 6.65. The zero-order valence-corrected chi connectivity index (χ0v) is 11.5. The van der Waals surface area contributed by atoms with Crippen LogP contribution >= 0.6 is 0 Å². The van der Waals surface area contributed by atoms with Gasteiger partial charge in [-0.1, -0.05) is 30.3 Å². The van der Waals surface area contributed by atoms with E-state index in [1.54, 1.807) is 19.0 Å². The molecule has 0 saturated heterocycles. The molecule has 0 bridgehead atoms. The third-order valence-corrected chi connectivity index (χ3v) is 2.90. The van der Waals surface area contributed by atoms with Crippen molar-refractivity contribution in [3.8, 4) is 0 Å². The molecule has 0 aliphatic heterocycles. The second kappa shape index (κ2) is 8.70. The van der Waals surface area contributed by atoms with E-state index in [0.717, 1.165) is 32.4 Å². The van der Waals surface area contributed by atoms with Gasteiger partial charge >= 0.3 is 0 Å². The molecule has 0 atom stereocenters. The van der Waals surface area contributed by atoms with Crippen LogP contribution in [0.5, 0.6) is 0 Å². The molecule has 0 fully saturated rings. The topological polar surface area (TPSA) is 32.3 Å². The van der Waals surface area contributed by atoms with E-state index in [9.17, 15) is 4.79 Å². The molecule has 18 heavy (non-hydrogen) atoms. The molecular formula is C15H24N2O. The maximum absolute atomic E-state index is 11.3. The minimum Gasteiger partial charge on any atom is -0.349 e. The molecule has 1 aromatic carbocycles. The predicted molar refractivity (Wildman–Crippen MR) is 75.6 cm³/mol. The Kier molecular flexibility index (Phi) is 7.11. The predicted octanol–water partition coefficient (Wildman–Crippen LogP) is 2.08. The molecule has 0 aromatic heterocycles. The molecule has 0 radical (unpaired) electrons. The lowest BCUT2D eigenvalue weighted by molar-refractivity contribution is -0.128. The zero-order chi connectivity index (χ0) is 13.2. The van der Waals surface area contributed by atoms with Gasteiger partial charge in [0.15, 0.2) is 0 Å². The number of rotatable bonds is 8. The summed E-state index contributed by atoms with van der Waals surface area (Å²) in [6.45, 7) is 1.94. The fourth-order valence-electron chi connectivity index (χ4n) is 1.78. The lowest BCUT2D eigenvalue weighted by atomic mass is 10.1. The highest BCUT2D eigenvalue weighted by atomic mass is 16.2. The summed E-state index contributed by atoms with van der Waals surface area (Å²) < 4.78 is 0. The largest absolute Gasteiger partial charge is 0.349 e. The molecule has 1 aromatic rings. The summed E-state index contributed by atoms with van der Waals surface area (Å²) in [4.78, 5) is 13.0. The van der Waals surface area contributed by atoms with Gasteiger partial charge in [-0.05, 0) is 37.9 Å². The van der Waals surface area contributed by atoms with E-state index < -0.39 is 0 Å². The van der Waals surface area contributed by atoms with Gasteiger partial charge in [0, 0.05) is 20.5 Å². The van der Waals surface area contributed by atoms with Gasteiger partial charge in [-0.3, -0.25) is 4.79 Å². The minimum atomic E-state index is 0.209. The highest BCUT2D eigenvalue weighted by Gasteiger charge is 2.02. The molecule has 0 heterocycles. The maximum atomic E-state index is 11.3. The fraction of sp³-hybridized carbons (Fsp3) is 0.533. The van der Waals surface area contributed by atoms with Crippen molar-refractivity contribution in [2.24, 2.45) is 0 Å². The summed E-state index contributed by atoms with van der Waals surface area (Å²) in [5, 5.41) is 3.38. The van der Waals surface area contributed by atoms with E-state index in [4.69, 9.17) is 0 Å². The molecule has 0 aliphatic carbocycles. The van der Waals surface area contributed by atoms with Crippen molar-refractivity contribution < 1.29 is 4.79 Å². The number of nitrogens with zero attached hydrogens (tertiary/aromatic N) is 1. The summed E-state index contributed by atoms with van der Waals surface area (Å²) in [7, 11) is 3.60. The Balaban J connectivity index is 1.95. The van der Waals surface area contributed by atoms with Crippen LogP contribution in [0.4, 0.5) is 0 Å². The van der Waals surface area contributed by atoms with Crippen molar-refractivity contribution in [3.63, 3.8) is 0 Å². The summed E-state index contributed by atoms with van der Waals surface area (Å²) in [5.41, 5.74) is 1.39. The van der Waals surface area contributed by atoms with Gasteiger partial charge in [-0.15, -0.1) is 0 Å². The SMILES string of the molecule is CN(C)C(=O)CCCNCCCc1ccccc1. The number of amides is 1. The van der Waals surface area contributed by atoms with E-state index in [-0.39, 0.29) is 5.91 Å². The number of hydrogen-bond acceptors (Lipinski definition) is 2. The summed E-state index contributed by atoms with van der Waals surface area (Å²) >= 11 is 0. The van der Waals surface area contributed by atoms with Gasteiger partial charge in [0.25, 0.3) is 0 Å². The summed E-state index contributed by atoms with van der Waals surface area (Å²) in [6, 6.07) is 10.5. The van der Waals surface area contributed by atoms with Crippen molar-refractivity contribution in [3.05, 3.63) is 35.9 Å². The Morgan fingerprint density at radius 3 is 2.44 bits per heavy atom. The number of hydrogen-bond donors (Lipinski definition) is 1. The van der Waals surface area contributed by atoms with Gasteiger partial charge in [-0.2, -0.15) is 0 Å². The van der Waals surface area contributed by atoms with E-state index in [0.29, 0.717) is 6.42 Å². The Morgan fingerprint density at radius 2 is 1.78 bits per heavy atom. The van der Waals surface area contributed by atoms with E-state index in [2.05, 4.69) is 29.6 Å². The Bertz CT molecular complexity index is 336. The first-order valence-electron chi connectivity index (χ1n) is 6.65. The summed E-state index contributed by atoms with van der Waals surface area (Å²) in [5.74, 6) is 0.209. The van der Waals surface area contributed by atoms with Crippen molar-refractivity contribution >= 4 is 5.91 Å². The normalized spacial score (nSPS) is 10.3. The molecule has 0 saturated carbocycles. The van der Waals surface area contributed by atoms with E-state index in [1.165, 1.54) is 5.56 Å². The van der Waals surface area contributed by atoms with Crippen LogP contribution in [0, 0.1) is 0 Å². The first-order chi connectivity index (χ1) is 8.70. The number of aryl methyl sites for hydroxylation is 1. The van der Waals surface area contributed by atoms with E-state index in [1.807, 2.05) is 6.07 Å². The second-order valence-electron chi connectivity index (χ2n) is 4.73. The first kappa shape index (κ1) is 14.7. The molecule has 1 amide bonds. The van der Waals surface area contributed by atoms with Crippen LogP contribution in [-0.4, -0.2) is 38.0 Å². The highest BCUT2D eigenvalue weighted by molar-refractivity contribution is 5.75. The Hall–Kier alpha value is -1.35. The lowest BCUT2D eigenvalue weighted by Crippen LogP contribution is -2.24.